The van der Waals surface area contributed by atoms with E-state index in [1.807, 2.05) is 10.7 Å². The molecule has 0 unspecified atom stereocenters. The van der Waals surface area contributed by atoms with Gasteiger partial charge in [0.05, 0.1) is 48.2 Å². The second-order valence-electron chi connectivity index (χ2n) is 6.54. The molecule has 0 amide bonds. The lowest BCUT2D eigenvalue weighted by Crippen LogP contribution is -2.32. The maximum absolute atomic E-state index is 6.00. The summed E-state index contributed by atoms with van der Waals surface area (Å²) in [6, 6.07) is 8.60. The van der Waals surface area contributed by atoms with E-state index in [9.17, 15) is 0 Å². The van der Waals surface area contributed by atoms with Crippen LogP contribution in [0.3, 0.4) is 0 Å². The van der Waals surface area contributed by atoms with Gasteiger partial charge < -0.3 is 9.30 Å². The van der Waals surface area contributed by atoms with E-state index < -0.39 is 0 Å². The van der Waals surface area contributed by atoms with E-state index in [2.05, 4.69) is 44.9 Å². The van der Waals surface area contributed by atoms with Crippen LogP contribution in [0, 0.1) is 0 Å². The van der Waals surface area contributed by atoms with Gasteiger partial charge >= 0.3 is 0 Å². The van der Waals surface area contributed by atoms with Crippen LogP contribution < -0.4 is 0 Å². The summed E-state index contributed by atoms with van der Waals surface area (Å²) in [7, 11) is 0. The number of nitrogens with zero attached hydrogens (tertiary/aromatic N) is 6. The van der Waals surface area contributed by atoms with Crippen LogP contribution in [0.5, 0.6) is 0 Å². The van der Waals surface area contributed by atoms with Crippen molar-refractivity contribution in [1.82, 2.24) is 29.4 Å². The topological polar surface area (TPSA) is 61.0 Å². The van der Waals surface area contributed by atoms with Gasteiger partial charge in [-0.15, -0.1) is 5.10 Å². The number of hydrogen-bond donors (Lipinski definition) is 0. The SMILES string of the molecule is CCn1c(CN2C[C@@H]3OCc4cnnn4[C@H]3C2)nc2ccccc21. The molecule has 24 heavy (non-hydrogen) atoms. The molecule has 1 fully saturated rings. The Balaban J connectivity index is 1.42. The molecule has 4 heterocycles. The van der Waals surface area contributed by atoms with Crippen LogP contribution >= 0.6 is 0 Å². The lowest BCUT2D eigenvalue weighted by atomic mass is 10.2. The van der Waals surface area contributed by atoms with Crippen LogP contribution in [0.15, 0.2) is 30.5 Å². The number of aromatic nitrogens is 5. The normalized spacial score (nSPS) is 23.5. The van der Waals surface area contributed by atoms with Gasteiger partial charge in [-0.2, -0.15) is 0 Å². The highest BCUT2D eigenvalue weighted by molar-refractivity contribution is 5.75. The molecule has 2 aliphatic heterocycles. The molecular weight excluding hydrogens is 304 g/mol. The van der Waals surface area contributed by atoms with Crippen LogP contribution in [0.1, 0.15) is 24.5 Å². The number of fused-ring (bicyclic) bond motifs is 4. The fourth-order valence-electron chi connectivity index (χ4n) is 4.00. The minimum atomic E-state index is 0.193. The van der Waals surface area contributed by atoms with Gasteiger partial charge in [0.25, 0.3) is 0 Å². The van der Waals surface area contributed by atoms with Crippen molar-refractivity contribution >= 4 is 11.0 Å². The Morgan fingerprint density at radius 1 is 1.25 bits per heavy atom. The summed E-state index contributed by atoms with van der Waals surface area (Å²) in [6.45, 7) is 6.38. The predicted octanol–water partition coefficient (Wildman–Crippen LogP) is 1.60. The summed E-state index contributed by atoms with van der Waals surface area (Å²) in [5, 5.41) is 8.28. The molecule has 2 aliphatic rings. The van der Waals surface area contributed by atoms with Gasteiger partial charge in [-0.3, -0.25) is 4.90 Å². The summed E-state index contributed by atoms with van der Waals surface area (Å²) in [6.07, 6.45) is 1.99. The molecule has 7 heteroatoms. The lowest BCUT2D eigenvalue weighted by molar-refractivity contribution is -0.00526. The van der Waals surface area contributed by atoms with E-state index in [1.54, 1.807) is 6.20 Å². The number of rotatable bonds is 3. The highest BCUT2D eigenvalue weighted by Gasteiger charge is 2.39. The number of ether oxygens (including phenoxy) is 1. The van der Waals surface area contributed by atoms with E-state index in [0.717, 1.165) is 43.2 Å². The zero-order valence-corrected chi connectivity index (χ0v) is 13.7. The van der Waals surface area contributed by atoms with Gasteiger partial charge in [0.2, 0.25) is 0 Å². The molecule has 0 radical (unpaired) electrons. The van der Waals surface area contributed by atoms with Gasteiger partial charge in [-0.25, -0.2) is 9.67 Å². The van der Waals surface area contributed by atoms with Crippen molar-refractivity contribution in [3.05, 3.63) is 42.0 Å². The summed E-state index contributed by atoms with van der Waals surface area (Å²) in [5.41, 5.74) is 3.35. The third-order valence-electron chi connectivity index (χ3n) is 5.14. The Morgan fingerprint density at radius 3 is 3.08 bits per heavy atom. The Hall–Kier alpha value is -2.25. The molecule has 0 aliphatic carbocycles. The monoisotopic (exact) mass is 324 g/mol. The smallest absolute Gasteiger partial charge is 0.124 e. The van der Waals surface area contributed by atoms with Gasteiger partial charge in [0.15, 0.2) is 0 Å². The van der Waals surface area contributed by atoms with E-state index in [4.69, 9.17) is 9.72 Å². The number of benzene rings is 1. The Bertz CT molecular complexity index is 884. The van der Waals surface area contributed by atoms with Gasteiger partial charge in [0, 0.05) is 19.6 Å². The fraction of sp³-hybridized carbons (Fsp3) is 0.471. The summed E-state index contributed by atoms with van der Waals surface area (Å²) >= 11 is 0. The maximum Gasteiger partial charge on any atom is 0.124 e. The first-order valence-electron chi connectivity index (χ1n) is 8.50. The van der Waals surface area contributed by atoms with Crippen LogP contribution in [0.4, 0.5) is 0 Å². The predicted molar refractivity (Wildman–Crippen MR) is 88.3 cm³/mol. The zero-order chi connectivity index (χ0) is 16.1. The Morgan fingerprint density at radius 2 is 2.17 bits per heavy atom. The molecule has 0 spiro atoms. The van der Waals surface area contributed by atoms with Crippen molar-refractivity contribution in [2.24, 2.45) is 0 Å². The number of likely N-dealkylation sites (tertiary alicyclic amines) is 1. The average molecular weight is 324 g/mol. The zero-order valence-electron chi connectivity index (χ0n) is 13.7. The molecule has 3 aromatic rings. The molecule has 124 valence electrons. The quantitative estimate of drug-likeness (QED) is 0.732. The minimum absolute atomic E-state index is 0.193. The van der Waals surface area contributed by atoms with Gasteiger partial charge in [-0.05, 0) is 19.1 Å². The third-order valence-corrected chi connectivity index (χ3v) is 5.14. The molecule has 1 aromatic carbocycles. The van der Waals surface area contributed by atoms with E-state index in [-0.39, 0.29) is 12.1 Å². The summed E-state index contributed by atoms with van der Waals surface area (Å²) < 4.78 is 10.3. The van der Waals surface area contributed by atoms with E-state index in [0.29, 0.717) is 6.61 Å². The average Bonchev–Trinajstić information content (AvgIpc) is 3.29. The molecule has 7 nitrogen and oxygen atoms in total. The highest BCUT2D eigenvalue weighted by atomic mass is 16.5. The van der Waals surface area contributed by atoms with Crippen molar-refractivity contribution in [1.29, 1.82) is 0 Å². The molecule has 1 saturated heterocycles. The van der Waals surface area contributed by atoms with Crippen molar-refractivity contribution < 1.29 is 4.74 Å². The number of para-hydroxylation sites is 2. The van der Waals surface area contributed by atoms with Crippen molar-refractivity contribution in [3.8, 4) is 0 Å². The van der Waals surface area contributed by atoms with Crippen LogP contribution in [0.2, 0.25) is 0 Å². The lowest BCUT2D eigenvalue weighted by Gasteiger charge is -2.25. The van der Waals surface area contributed by atoms with Crippen molar-refractivity contribution in [2.45, 2.75) is 38.8 Å². The maximum atomic E-state index is 6.00. The fourth-order valence-corrected chi connectivity index (χ4v) is 4.00. The van der Waals surface area contributed by atoms with E-state index >= 15 is 0 Å². The van der Waals surface area contributed by atoms with Gasteiger partial charge in [-0.1, -0.05) is 17.3 Å². The van der Waals surface area contributed by atoms with Crippen LogP contribution in [-0.2, 0) is 24.4 Å². The van der Waals surface area contributed by atoms with Crippen LogP contribution in [0.25, 0.3) is 11.0 Å². The first kappa shape index (κ1) is 14.1. The molecule has 2 aromatic heterocycles. The first-order chi connectivity index (χ1) is 11.8. The highest BCUT2D eigenvalue weighted by Crippen LogP contribution is 2.31. The molecule has 2 atom stereocenters. The number of hydrogen-bond acceptors (Lipinski definition) is 5. The Labute approximate surface area is 139 Å². The van der Waals surface area contributed by atoms with E-state index in [1.165, 1.54) is 5.52 Å². The van der Waals surface area contributed by atoms with Gasteiger partial charge in [0.1, 0.15) is 5.82 Å². The molecule has 0 saturated carbocycles. The number of aryl methyl sites for hydroxylation is 1. The summed E-state index contributed by atoms with van der Waals surface area (Å²) in [5.74, 6) is 1.12. The largest absolute Gasteiger partial charge is 0.368 e. The number of imidazole rings is 1. The third kappa shape index (κ3) is 2.08. The molecule has 0 N–H and O–H groups in total. The first-order valence-corrected chi connectivity index (χ1v) is 8.50. The minimum Gasteiger partial charge on any atom is -0.368 e. The molecular formula is C17H20N6O. The van der Waals surface area contributed by atoms with Crippen molar-refractivity contribution in [2.75, 3.05) is 13.1 Å². The molecule has 0 bridgehead atoms. The van der Waals surface area contributed by atoms with Crippen LogP contribution in [-0.4, -0.2) is 48.6 Å². The summed E-state index contributed by atoms with van der Waals surface area (Å²) in [4.78, 5) is 7.26. The molecule has 5 rings (SSSR count). The standard InChI is InChI=1S/C17H20N6O/c1-2-22-14-6-4-3-5-13(14)19-17(22)10-21-8-15-16(9-21)24-11-12-7-18-20-23(12)15/h3-7,15-16H,2,8-11H2,1H3/t15-,16-/m0/s1. The second-order valence-corrected chi connectivity index (χ2v) is 6.54. The van der Waals surface area contributed by atoms with Crippen molar-refractivity contribution in [3.63, 3.8) is 0 Å². The second kappa shape index (κ2) is 5.39. The Kier molecular flexibility index (Phi) is 3.17.